The van der Waals surface area contributed by atoms with Gasteiger partial charge in [-0.3, -0.25) is 0 Å². The van der Waals surface area contributed by atoms with Gasteiger partial charge in [-0.25, -0.2) is 0 Å². The third-order valence-corrected chi connectivity index (χ3v) is 11.4. The molecule has 0 radical (unpaired) electrons. The summed E-state index contributed by atoms with van der Waals surface area (Å²) in [4.78, 5) is 0. The third kappa shape index (κ3) is 2.03. The van der Waals surface area contributed by atoms with Crippen LogP contribution in [0, 0.1) is 23.7 Å². The molecule has 1 aromatic rings. The molecular formula is C18H18Br4O2. The summed E-state index contributed by atoms with van der Waals surface area (Å²) >= 11 is 15.5. The molecule has 6 heteroatoms. The van der Waals surface area contributed by atoms with Crippen LogP contribution in [0.4, 0.5) is 0 Å². The molecule has 0 aliphatic heterocycles. The fourth-order valence-electron chi connectivity index (χ4n) is 5.18. The summed E-state index contributed by atoms with van der Waals surface area (Å²) < 4.78 is 12.1. The number of methoxy groups -OCH3 is 2. The fraction of sp³-hybridized carbons (Fsp3) is 0.667. The van der Waals surface area contributed by atoms with Gasteiger partial charge in [-0.1, -0.05) is 63.7 Å². The fourth-order valence-corrected chi connectivity index (χ4v) is 8.50. The average molecular weight is 586 g/mol. The number of hydrogen-bond donors (Lipinski definition) is 0. The summed E-state index contributed by atoms with van der Waals surface area (Å²) in [6.07, 6.45) is 4.24. The number of alkyl halides is 4. The van der Waals surface area contributed by atoms with Crippen LogP contribution in [0.15, 0.2) is 0 Å². The van der Waals surface area contributed by atoms with Crippen molar-refractivity contribution in [1.29, 1.82) is 0 Å². The second kappa shape index (κ2) is 5.17. The molecule has 4 aliphatic carbocycles. The molecule has 0 N–H and O–H groups in total. The molecule has 0 saturated heterocycles. The second-order valence-corrected chi connectivity index (χ2v) is 14.9. The van der Waals surface area contributed by atoms with E-state index in [9.17, 15) is 0 Å². The molecule has 2 nitrogen and oxygen atoms in total. The summed E-state index contributed by atoms with van der Waals surface area (Å²) in [6, 6.07) is 0. The third-order valence-electron chi connectivity index (χ3n) is 6.66. The Bertz CT molecular complexity index is 642. The van der Waals surface area contributed by atoms with E-state index in [1.54, 1.807) is 0 Å². The zero-order chi connectivity index (χ0) is 17.0. The van der Waals surface area contributed by atoms with Gasteiger partial charge in [-0.2, -0.15) is 0 Å². The molecule has 1 aromatic carbocycles. The van der Waals surface area contributed by atoms with E-state index in [4.69, 9.17) is 9.47 Å². The molecule has 130 valence electrons. The van der Waals surface area contributed by atoms with Crippen molar-refractivity contribution in [3.05, 3.63) is 22.3 Å². The molecule has 2 fully saturated rings. The van der Waals surface area contributed by atoms with Crippen molar-refractivity contribution in [3.8, 4) is 11.5 Å². The lowest BCUT2D eigenvalue weighted by Gasteiger charge is -2.28. The Morgan fingerprint density at radius 2 is 0.875 bits per heavy atom. The maximum atomic E-state index is 5.96. The lowest BCUT2D eigenvalue weighted by atomic mass is 9.81. The number of fused-ring (bicyclic) bond motifs is 4. The average Bonchev–Trinajstić information content (AvgIpc) is 3.30. The van der Waals surface area contributed by atoms with Crippen LogP contribution in [-0.4, -0.2) is 20.7 Å². The van der Waals surface area contributed by atoms with Crippen LogP contribution in [0.5, 0.6) is 11.5 Å². The van der Waals surface area contributed by atoms with Gasteiger partial charge in [0.2, 0.25) is 0 Å². The first kappa shape index (κ1) is 16.9. The minimum absolute atomic E-state index is 0.0958. The van der Waals surface area contributed by atoms with E-state index >= 15 is 0 Å². The Morgan fingerprint density at radius 1 is 0.625 bits per heavy atom. The van der Waals surface area contributed by atoms with E-state index in [2.05, 4.69) is 63.7 Å². The van der Waals surface area contributed by atoms with Crippen LogP contribution in [0.3, 0.4) is 0 Å². The van der Waals surface area contributed by atoms with Gasteiger partial charge in [-0.05, 0) is 49.4 Å². The van der Waals surface area contributed by atoms with Gasteiger partial charge in [0.15, 0.2) is 0 Å². The second-order valence-electron chi connectivity index (χ2n) is 7.57. The van der Waals surface area contributed by atoms with Gasteiger partial charge >= 0.3 is 0 Å². The first-order chi connectivity index (χ1) is 11.3. The maximum Gasteiger partial charge on any atom is 0.126 e. The first-order valence-electron chi connectivity index (χ1n) is 8.35. The number of rotatable bonds is 2. The van der Waals surface area contributed by atoms with Crippen LogP contribution >= 0.6 is 63.7 Å². The first-order valence-corrected chi connectivity index (χ1v) is 11.5. The standard InChI is InChI=1S/C18H18Br4O2/c1-23-15-7-3-11-13(17(11,19)20)5-9(7)16(24-2)10-6-14-12(4-8(10)15)18(14,21)22/h11-14H,3-6H2,1-2H3. The molecule has 4 unspecified atom stereocenters. The largest absolute Gasteiger partial charge is 0.496 e. The van der Waals surface area contributed by atoms with Crippen molar-refractivity contribution in [2.24, 2.45) is 23.7 Å². The highest BCUT2D eigenvalue weighted by Crippen LogP contribution is 2.70. The van der Waals surface area contributed by atoms with Gasteiger partial charge in [0, 0.05) is 22.3 Å². The van der Waals surface area contributed by atoms with E-state index in [1.165, 1.54) is 22.3 Å². The number of halogens is 4. The zero-order valence-electron chi connectivity index (χ0n) is 13.5. The van der Waals surface area contributed by atoms with Crippen LogP contribution < -0.4 is 9.47 Å². The Labute approximate surface area is 175 Å². The highest BCUT2D eigenvalue weighted by atomic mass is 79.9. The van der Waals surface area contributed by atoms with Crippen LogP contribution in [0.2, 0.25) is 0 Å². The molecule has 5 rings (SSSR count). The Balaban J connectivity index is 1.67. The molecule has 0 heterocycles. The highest BCUT2D eigenvalue weighted by molar-refractivity contribution is 9.26. The van der Waals surface area contributed by atoms with Crippen molar-refractivity contribution >= 4 is 63.7 Å². The maximum absolute atomic E-state index is 5.96. The van der Waals surface area contributed by atoms with E-state index in [0.717, 1.165) is 37.2 Å². The van der Waals surface area contributed by atoms with Crippen LogP contribution in [-0.2, 0) is 25.7 Å². The summed E-state index contributed by atoms with van der Waals surface area (Å²) in [5, 5.41) is 0. The lowest BCUT2D eigenvalue weighted by Crippen LogP contribution is -2.17. The number of hydrogen-bond acceptors (Lipinski definition) is 2. The van der Waals surface area contributed by atoms with Crippen molar-refractivity contribution in [1.82, 2.24) is 0 Å². The van der Waals surface area contributed by atoms with E-state index in [1.807, 2.05) is 14.2 Å². The Hall–Kier alpha value is 0.740. The molecule has 0 spiro atoms. The van der Waals surface area contributed by atoms with Gasteiger partial charge in [0.1, 0.15) is 11.5 Å². The van der Waals surface area contributed by atoms with Gasteiger partial charge in [0.25, 0.3) is 0 Å². The van der Waals surface area contributed by atoms with Gasteiger partial charge in [-0.15, -0.1) is 0 Å². The molecular weight excluding hydrogens is 568 g/mol. The van der Waals surface area contributed by atoms with Crippen molar-refractivity contribution in [2.75, 3.05) is 14.2 Å². The zero-order valence-corrected chi connectivity index (χ0v) is 19.8. The predicted molar refractivity (Wildman–Crippen MR) is 109 cm³/mol. The molecule has 4 aliphatic rings. The van der Waals surface area contributed by atoms with E-state index in [0.29, 0.717) is 23.7 Å². The Kier molecular flexibility index (Phi) is 3.63. The van der Waals surface area contributed by atoms with Crippen molar-refractivity contribution in [2.45, 2.75) is 32.2 Å². The Morgan fingerprint density at radius 3 is 1.08 bits per heavy atom. The van der Waals surface area contributed by atoms with E-state index in [-0.39, 0.29) is 6.47 Å². The summed E-state index contributed by atoms with van der Waals surface area (Å²) in [7, 11) is 3.65. The molecule has 0 amide bonds. The normalized spacial score (nSPS) is 35.9. The monoisotopic (exact) mass is 582 g/mol. The quantitative estimate of drug-likeness (QED) is 0.435. The minimum Gasteiger partial charge on any atom is -0.496 e. The van der Waals surface area contributed by atoms with Gasteiger partial charge < -0.3 is 9.47 Å². The summed E-state index contributed by atoms with van der Waals surface area (Å²) in [6.45, 7) is 0. The van der Waals surface area contributed by atoms with Crippen molar-refractivity contribution in [3.63, 3.8) is 0 Å². The number of benzene rings is 1. The van der Waals surface area contributed by atoms with Crippen molar-refractivity contribution < 1.29 is 9.47 Å². The predicted octanol–water partition coefficient (Wildman–Crippen LogP) is 5.37. The smallest absolute Gasteiger partial charge is 0.126 e. The molecule has 0 aromatic heterocycles. The topological polar surface area (TPSA) is 18.5 Å². The number of ether oxygens (including phenoxy) is 2. The molecule has 24 heavy (non-hydrogen) atoms. The molecule has 0 bridgehead atoms. The van der Waals surface area contributed by atoms with Crippen LogP contribution in [0.25, 0.3) is 0 Å². The van der Waals surface area contributed by atoms with Crippen LogP contribution in [0.1, 0.15) is 22.3 Å². The molecule has 4 atom stereocenters. The van der Waals surface area contributed by atoms with E-state index < -0.39 is 0 Å². The molecule has 2 saturated carbocycles. The lowest BCUT2D eigenvalue weighted by molar-refractivity contribution is 0.373. The SMILES string of the molecule is COc1c2c(c(OC)c3c1CC1C(C3)C1(Br)Br)CC1C(C2)C1(Br)Br. The minimum atomic E-state index is 0.0958. The highest BCUT2D eigenvalue weighted by Gasteiger charge is 2.66. The summed E-state index contributed by atoms with van der Waals surface area (Å²) in [5.41, 5.74) is 5.51. The summed E-state index contributed by atoms with van der Waals surface area (Å²) in [5.74, 6) is 4.83. The van der Waals surface area contributed by atoms with Gasteiger partial charge in [0.05, 0.1) is 20.7 Å².